The van der Waals surface area contributed by atoms with E-state index in [9.17, 15) is 9.59 Å². The first-order chi connectivity index (χ1) is 17.8. The number of carbonyl (C=O) groups is 1. The first kappa shape index (κ1) is 26.8. The topological polar surface area (TPSA) is 64.0 Å². The number of para-hydroxylation sites is 1. The summed E-state index contributed by atoms with van der Waals surface area (Å²) in [6.07, 6.45) is 2.13. The van der Waals surface area contributed by atoms with Crippen LogP contribution in [0.5, 0.6) is 0 Å². The highest BCUT2D eigenvalue weighted by atomic mass is 35.5. The number of nitrogens with one attached hydrogen (secondary N) is 1. The van der Waals surface area contributed by atoms with Gasteiger partial charge in [-0.15, -0.1) is 11.3 Å². The van der Waals surface area contributed by atoms with Crippen LogP contribution in [0.4, 0.5) is 0 Å². The Labute approximate surface area is 227 Å². The lowest BCUT2D eigenvalue weighted by atomic mass is 9.97. The third kappa shape index (κ3) is 5.41. The van der Waals surface area contributed by atoms with Crippen molar-refractivity contribution in [2.24, 2.45) is 5.92 Å². The summed E-state index contributed by atoms with van der Waals surface area (Å²) in [5, 5.41) is 5.95. The third-order valence-corrected chi connectivity index (χ3v) is 7.57. The Morgan fingerprint density at radius 3 is 2.30 bits per heavy atom. The molecule has 0 aliphatic heterocycles. The van der Waals surface area contributed by atoms with E-state index >= 15 is 0 Å². The zero-order valence-electron chi connectivity index (χ0n) is 21.9. The summed E-state index contributed by atoms with van der Waals surface area (Å²) in [4.78, 5) is 32.4. The van der Waals surface area contributed by atoms with Gasteiger partial charge in [-0.05, 0) is 54.5 Å². The summed E-state index contributed by atoms with van der Waals surface area (Å²) < 4.78 is 1.79. The van der Waals surface area contributed by atoms with Crippen molar-refractivity contribution < 1.29 is 4.79 Å². The fourth-order valence-electron chi connectivity index (χ4n) is 4.61. The summed E-state index contributed by atoms with van der Waals surface area (Å²) in [7, 11) is 1.62. The Bertz CT molecular complexity index is 1460. The Morgan fingerprint density at radius 2 is 1.73 bits per heavy atom. The number of halogens is 1. The lowest BCUT2D eigenvalue weighted by molar-refractivity contribution is 0.0961. The van der Waals surface area contributed by atoms with Crippen molar-refractivity contribution in [2.45, 2.75) is 47.0 Å². The predicted molar refractivity (Wildman–Crippen MR) is 154 cm³/mol. The van der Waals surface area contributed by atoms with Crippen molar-refractivity contribution in [3.05, 3.63) is 91.7 Å². The van der Waals surface area contributed by atoms with Crippen LogP contribution in [0.25, 0.3) is 27.5 Å². The van der Waals surface area contributed by atoms with Crippen LogP contribution in [-0.2, 0) is 19.3 Å². The monoisotopic (exact) mass is 533 g/mol. The molecule has 2 heterocycles. The maximum Gasteiger partial charge on any atom is 0.265 e. The Morgan fingerprint density at radius 1 is 1.08 bits per heavy atom. The maximum absolute atomic E-state index is 14.3. The Balaban J connectivity index is 2.05. The molecule has 0 unspecified atom stereocenters. The van der Waals surface area contributed by atoms with Gasteiger partial charge in [-0.25, -0.2) is 4.98 Å². The molecule has 192 valence electrons. The summed E-state index contributed by atoms with van der Waals surface area (Å²) >= 11 is 7.46. The van der Waals surface area contributed by atoms with Crippen LogP contribution in [-0.4, -0.2) is 22.5 Å². The van der Waals surface area contributed by atoms with Crippen LogP contribution >= 0.6 is 22.9 Å². The number of benzene rings is 2. The number of amides is 1. The summed E-state index contributed by atoms with van der Waals surface area (Å²) in [6, 6.07) is 15.3. The number of hydrogen-bond donors (Lipinski definition) is 1. The minimum atomic E-state index is -0.216. The molecule has 0 fully saturated rings. The van der Waals surface area contributed by atoms with E-state index in [0.29, 0.717) is 27.6 Å². The predicted octanol–water partition coefficient (Wildman–Crippen LogP) is 6.96. The van der Waals surface area contributed by atoms with Gasteiger partial charge in [0.1, 0.15) is 5.01 Å². The average molecular weight is 534 g/mol. The highest BCUT2D eigenvalue weighted by molar-refractivity contribution is 7.13. The minimum absolute atomic E-state index is 0.157. The highest BCUT2D eigenvalue weighted by Gasteiger charge is 2.25. The fourth-order valence-corrected chi connectivity index (χ4v) is 5.58. The zero-order valence-corrected chi connectivity index (χ0v) is 23.5. The molecule has 4 rings (SSSR count). The van der Waals surface area contributed by atoms with Crippen molar-refractivity contribution in [1.29, 1.82) is 0 Å². The number of aromatic nitrogens is 2. The molecule has 2 aromatic heterocycles. The van der Waals surface area contributed by atoms with Gasteiger partial charge in [-0.2, -0.15) is 0 Å². The van der Waals surface area contributed by atoms with Crippen LogP contribution in [0.2, 0.25) is 5.02 Å². The molecule has 0 saturated carbocycles. The number of thiazole rings is 1. The van der Waals surface area contributed by atoms with Crippen molar-refractivity contribution in [3.8, 4) is 27.5 Å². The number of hydrogen-bond acceptors (Lipinski definition) is 4. The van der Waals surface area contributed by atoms with E-state index in [2.05, 4.69) is 45.1 Å². The molecule has 4 aromatic rings. The van der Waals surface area contributed by atoms with Gasteiger partial charge < -0.3 is 5.32 Å². The number of pyridine rings is 1. The highest BCUT2D eigenvalue weighted by Crippen LogP contribution is 2.31. The Kier molecular flexibility index (Phi) is 8.30. The second-order valence-electron chi connectivity index (χ2n) is 9.41. The molecular weight excluding hydrogens is 502 g/mol. The van der Waals surface area contributed by atoms with Gasteiger partial charge in [0.05, 0.1) is 22.5 Å². The molecule has 0 radical (unpaired) electrons. The molecule has 0 aliphatic carbocycles. The molecule has 2 aromatic carbocycles. The number of aryl methyl sites for hydroxylation is 2. The molecule has 0 aliphatic rings. The quantitative estimate of drug-likeness (QED) is 0.266. The lowest BCUT2D eigenvalue weighted by Gasteiger charge is -2.23. The van der Waals surface area contributed by atoms with Gasteiger partial charge in [-0.1, -0.05) is 69.6 Å². The normalized spacial score (nSPS) is 11.2. The molecule has 5 nitrogen and oxygen atoms in total. The summed E-state index contributed by atoms with van der Waals surface area (Å²) in [6.45, 7) is 8.38. The van der Waals surface area contributed by atoms with Gasteiger partial charge in [-0.3, -0.25) is 14.2 Å². The molecule has 1 amide bonds. The number of carbonyl (C=O) groups excluding carboxylic acids is 1. The van der Waals surface area contributed by atoms with Crippen LogP contribution in [0.1, 0.15) is 54.9 Å². The van der Waals surface area contributed by atoms with E-state index in [1.807, 2.05) is 35.7 Å². The molecule has 37 heavy (non-hydrogen) atoms. The van der Waals surface area contributed by atoms with Crippen molar-refractivity contribution in [3.63, 3.8) is 0 Å². The van der Waals surface area contributed by atoms with Crippen LogP contribution < -0.4 is 10.9 Å². The van der Waals surface area contributed by atoms with Gasteiger partial charge in [0.2, 0.25) is 0 Å². The standard InChI is InChI=1S/C30H32ClN3O2S/c1-6-19-9-8-10-20(7-2)27(19)34-26(15-18(3)4)23(28(35)32-5)16-24(30(34)36)29-33-25(17-37-29)21-11-13-22(31)14-12-21/h8-14,16-18H,6-7,15H2,1-5H3,(H,32,35). The molecule has 0 bridgehead atoms. The largest absolute Gasteiger partial charge is 0.355 e. The minimum Gasteiger partial charge on any atom is -0.355 e. The SMILES string of the molecule is CCc1cccc(CC)c1-n1c(CC(C)C)c(C(=O)NC)cc(-c2nc(-c3ccc(Cl)cc3)cs2)c1=O. The zero-order chi connectivity index (χ0) is 26.7. The third-order valence-electron chi connectivity index (χ3n) is 6.44. The summed E-state index contributed by atoms with van der Waals surface area (Å²) in [5.41, 5.74) is 6.21. The first-order valence-corrected chi connectivity index (χ1v) is 13.9. The van der Waals surface area contributed by atoms with Gasteiger partial charge in [0.15, 0.2) is 0 Å². The van der Waals surface area contributed by atoms with E-state index < -0.39 is 0 Å². The Hall–Kier alpha value is -3.22. The van der Waals surface area contributed by atoms with Gasteiger partial charge in [0, 0.05) is 28.7 Å². The maximum atomic E-state index is 14.3. The fraction of sp³-hybridized carbons (Fsp3) is 0.300. The first-order valence-electron chi connectivity index (χ1n) is 12.6. The second kappa shape index (κ2) is 11.4. The van der Waals surface area contributed by atoms with Gasteiger partial charge >= 0.3 is 0 Å². The second-order valence-corrected chi connectivity index (χ2v) is 10.7. The van der Waals surface area contributed by atoms with Crippen LogP contribution in [0.15, 0.2) is 58.7 Å². The van der Waals surface area contributed by atoms with Crippen LogP contribution in [0.3, 0.4) is 0 Å². The summed E-state index contributed by atoms with van der Waals surface area (Å²) in [5.74, 6) is 0.0299. The van der Waals surface area contributed by atoms with Crippen molar-refractivity contribution >= 4 is 28.8 Å². The molecule has 0 atom stereocenters. The van der Waals surface area contributed by atoms with E-state index in [-0.39, 0.29) is 17.4 Å². The van der Waals surface area contributed by atoms with Crippen molar-refractivity contribution in [2.75, 3.05) is 7.05 Å². The van der Waals surface area contributed by atoms with E-state index in [4.69, 9.17) is 16.6 Å². The molecule has 1 N–H and O–H groups in total. The number of nitrogens with zero attached hydrogens (tertiary/aromatic N) is 2. The molecule has 0 spiro atoms. The smallest absolute Gasteiger partial charge is 0.265 e. The van der Waals surface area contributed by atoms with E-state index in [1.54, 1.807) is 17.7 Å². The molecule has 7 heteroatoms. The average Bonchev–Trinajstić information content (AvgIpc) is 3.38. The van der Waals surface area contributed by atoms with Gasteiger partial charge in [0.25, 0.3) is 11.5 Å². The molecule has 0 saturated heterocycles. The van der Waals surface area contributed by atoms with Crippen molar-refractivity contribution in [1.82, 2.24) is 14.9 Å². The molecular formula is C30H32ClN3O2S. The van der Waals surface area contributed by atoms with Crippen LogP contribution in [0, 0.1) is 5.92 Å². The van der Waals surface area contributed by atoms with E-state index in [1.165, 1.54) is 11.3 Å². The number of rotatable bonds is 8. The lowest BCUT2D eigenvalue weighted by Crippen LogP contribution is -2.31. The van der Waals surface area contributed by atoms with E-state index in [0.717, 1.165) is 46.6 Å².